The Labute approximate surface area is 119 Å². The molecule has 0 unspecified atom stereocenters. The molecule has 20 heavy (non-hydrogen) atoms. The summed E-state index contributed by atoms with van der Waals surface area (Å²) in [4.78, 5) is 0. The third-order valence-electron chi connectivity index (χ3n) is 2.87. The van der Waals surface area contributed by atoms with Gasteiger partial charge in [0.15, 0.2) is 0 Å². The zero-order chi connectivity index (χ0) is 14.7. The smallest absolute Gasteiger partial charge is 0.285 e. The van der Waals surface area contributed by atoms with Gasteiger partial charge in [0, 0.05) is 19.3 Å². The molecule has 0 heterocycles. The number of hydrogen-bond acceptors (Lipinski definition) is 3. The number of nitrogens with one attached hydrogen (secondary N) is 1. The Hall–Kier alpha value is -1.04. The van der Waals surface area contributed by atoms with E-state index in [0.717, 1.165) is 12.8 Å². The van der Waals surface area contributed by atoms with Crippen molar-refractivity contribution < 1.29 is 18.3 Å². The molecule has 0 spiro atoms. The van der Waals surface area contributed by atoms with Crippen molar-refractivity contribution in [1.82, 2.24) is 5.32 Å². The number of halogens is 2. The summed E-state index contributed by atoms with van der Waals surface area (Å²) in [5, 5.41) is 2.80. The van der Waals surface area contributed by atoms with Crippen molar-refractivity contribution in [2.45, 2.75) is 18.8 Å². The first-order valence-corrected chi connectivity index (χ1v) is 6.87. The highest BCUT2D eigenvalue weighted by atomic mass is 19.3. The number of methoxy groups -OCH3 is 1. The van der Waals surface area contributed by atoms with E-state index in [-0.39, 0.29) is 12.1 Å². The van der Waals surface area contributed by atoms with E-state index in [2.05, 4.69) is 5.32 Å². The summed E-state index contributed by atoms with van der Waals surface area (Å²) in [5.74, 6) is -2.82. The molecule has 1 aromatic rings. The Morgan fingerprint density at radius 1 is 1.05 bits per heavy atom. The zero-order valence-corrected chi connectivity index (χ0v) is 11.9. The number of ether oxygens (including phenoxy) is 2. The second-order valence-electron chi connectivity index (χ2n) is 4.56. The van der Waals surface area contributed by atoms with E-state index < -0.39 is 5.92 Å². The number of unbranched alkanes of at least 4 members (excludes halogenated alkanes) is 1. The van der Waals surface area contributed by atoms with E-state index in [1.807, 2.05) is 0 Å². The van der Waals surface area contributed by atoms with Crippen LogP contribution in [-0.2, 0) is 15.4 Å². The van der Waals surface area contributed by atoms with Crippen molar-refractivity contribution in [3.63, 3.8) is 0 Å². The van der Waals surface area contributed by atoms with E-state index in [4.69, 9.17) is 9.47 Å². The third kappa shape index (κ3) is 6.93. The fourth-order valence-corrected chi connectivity index (χ4v) is 1.73. The van der Waals surface area contributed by atoms with Crippen molar-refractivity contribution in [3.8, 4) is 0 Å². The zero-order valence-electron chi connectivity index (χ0n) is 11.9. The van der Waals surface area contributed by atoms with E-state index in [1.54, 1.807) is 25.3 Å². The van der Waals surface area contributed by atoms with Gasteiger partial charge in [-0.3, -0.25) is 0 Å². The molecule has 0 saturated heterocycles. The second-order valence-corrected chi connectivity index (χ2v) is 4.56. The SMILES string of the molecule is COCCOCCCCNCC(F)(F)c1ccccc1. The summed E-state index contributed by atoms with van der Waals surface area (Å²) in [6.45, 7) is 2.04. The molecule has 0 aliphatic carbocycles. The molecule has 0 fully saturated rings. The molecular weight excluding hydrogens is 264 g/mol. The van der Waals surface area contributed by atoms with Crippen LogP contribution in [0.1, 0.15) is 18.4 Å². The van der Waals surface area contributed by atoms with E-state index in [9.17, 15) is 8.78 Å². The normalized spacial score (nSPS) is 11.8. The Bertz CT molecular complexity index is 347. The maximum Gasteiger partial charge on any atom is 0.285 e. The molecular formula is C15H23F2NO2. The second kappa shape index (κ2) is 9.80. The van der Waals surface area contributed by atoms with Crippen LogP contribution < -0.4 is 5.32 Å². The molecule has 3 nitrogen and oxygen atoms in total. The molecule has 5 heteroatoms. The minimum Gasteiger partial charge on any atom is -0.382 e. The lowest BCUT2D eigenvalue weighted by Crippen LogP contribution is -2.31. The first-order valence-electron chi connectivity index (χ1n) is 6.87. The van der Waals surface area contributed by atoms with E-state index in [1.165, 1.54) is 12.1 Å². The Morgan fingerprint density at radius 2 is 1.80 bits per heavy atom. The fourth-order valence-electron chi connectivity index (χ4n) is 1.73. The Kier molecular flexibility index (Phi) is 8.34. The molecule has 1 rings (SSSR count). The topological polar surface area (TPSA) is 30.5 Å². The molecule has 0 bridgehead atoms. The average molecular weight is 287 g/mol. The predicted octanol–water partition coefficient (Wildman–Crippen LogP) is 2.81. The van der Waals surface area contributed by atoms with Gasteiger partial charge in [-0.1, -0.05) is 30.3 Å². The predicted molar refractivity (Wildman–Crippen MR) is 75.1 cm³/mol. The summed E-state index contributed by atoms with van der Waals surface area (Å²) < 4.78 is 37.7. The summed E-state index contributed by atoms with van der Waals surface area (Å²) in [6.07, 6.45) is 1.67. The van der Waals surface area contributed by atoms with E-state index in [0.29, 0.717) is 26.4 Å². The summed E-state index contributed by atoms with van der Waals surface area (Å²) in [5.41, 5.74) is 0.0513. The number of alkyl halides is 2. The molecule has 0 amide bonds. The Morgan fingerprint density at radius 3 is 2.50 bits per heavy atom. The fraction of sp³-hybridized carbons (Fsp3) is 0.600. The van der Waals surface area contributed by atoms with Gasteiger partial charge in [-0.25, -0.2) is 0 Å². The van der Waals surface area contributed by atoms with Gasteiger partial charge in [0.05, 0.1) is 19.8 Å². The van der Waals surface area contributed by atoms with Gasteiger partial charge in [0.25, 0.3) is 5.92 Å². The van der Waals surface area contributed by atoms with Crippen LogP contribution in [0, 0.1) is 0 Å². The molecule has 114 valence electrons. The van der Waals surface area contributed by atoms with Crippen LogP contribution in [0.2, 0.25) is 0 Å². The van der Waals surface area contributed by atoms with E-state index >= 15 is 0 Å². The molecule has 0 aromatic heterocycles. The van der Waals surface area contributed by atoms with Crippen molar-refractivity contribution in [2.24, 2.45) is 0 Å². The van der Waals surface area contributed by atoms with Crippen LogP contribution in [0.3, 0.4) is 0 Å². The maximum absolute atomic E-state index is 13.8. The minimum absolute atomic E-state index is 0.0513. The summed E-state index contributed by atoms with van der Waals surface area (Å²) in [7, 11) is 1.63. The van der Waals surface area contributed by atoms with Gasteiger partial charge in [0.2, 0.25) is 0 Å². The van der Waals surface area contributed by atoms with Crippen LogP contribution in [-0.4, -0.2) is 40.0 Å². The van der Waals surface area contributed by atoms with Crippen molar-refractivity contribution >= 4 is 0 Å². The monoisotopic (exact) mass is 287 g/mol. The van der Waals surface area contributed by atoms with Gasteiger partial charge in [-0.05, 0) is 19.4 Å². The number of benzene rings is 1. The van der Waals surface area contributed by atoms with Crippen LogP contribution in [0.15, 0.2) is 30.3 Å². The molecule has 1 N–H and O–H groups in total. The van der Waals surface area contributed by atoms with Crippen LogP contribution in [0.25, 0.3) is 0 Å². The van der Waals surface area contributed by atoms with Crippen LogP contribution in [0.4, 0.5) is 8.78 Å². The molecule has 1 aromatic carbocycles. The largest absolute Gasteiger partial charge is 0.382 e. The molecule has 0 radical (unpaired) electrons. The standard InChI is InChI=1S/C15H23F2NO2/c1-19-11-12-20-10-6-5-9-18-13-15(16,17)14-7-3-2-4-8-14/h2-4,7-8,18H,5-6,9-13H2,1H3. The highest BCUT2D eigenvalue weighted by molar-refractivity contribution is 5.20. The molecule has 0 aliphatic rings. The maximum atomic E-state index is 13.8. The van der Waals surface area contributed by atoms with Gasteiger partial charge >= 0.3 is 0 Å². The van der Waals surface area contributed by atoms with Gasteiger partial charge < -0.3 is 14.8 Å². The quantitative estimate of drug-likeness (QED) is 0.635. The van der Waals surface area contributed by atoms with Crippen molar-refractivity contribution in [2.75, 3.05) is 40.0 Å². The van der Waals surface area contributed by atoms with Gasteiger partial charge in [0.1, 0.15) is 0 Å². The summed E-state index contributed by atoms with van der Waals surface area (Å²) >= 11 is 0. The number of rotatable bonds is 11. The highest BCUT2D eigenvalue weighted by Gasteiger charge is 2.30. The molecule has 0 saturated carbocycles. The van der Waals surface area contributed by atoms with Gasteiger partial charge in [-0.2, -0.15) is 8.78 Å². The van der Waals surface area contributed by atoms with Gasteiger partial charge in [-0.15, -0.1) is 0 Å². The lowest BCUT2D eigenvalue weighted by atomic mass is 10.1. The van der Waals surface area contributed by atoms with Crippen LogP contribution in [0.5, 0.6) is 0 Å². The number of hydrogen-bond donors (Lipinski definition) is 1. The lowest BCUT2D eigenvalue weighted by Gasteiger charge is -2.17. The average Bonchev–Trinajstić information content (AvgIpc) is 2.46. The van der Waals surface area contributed by atoms with Crippen molar-refractivity contribution in [1.29, 1.82) is 0 Å². The summed E-state index contributed by atoms with van der Waals surface area (Å²) in [6, 6.07) is 7.88. The molecule has 0 atom stereocenters. The first-order chi connectivity index (χ1) is 9.67. The lowest BCUT2D eigenvalue weighted by molar-refractivity contribution is -0.00316. The third-order valence-corrected chi connectivity index (χ3v) is 2.87. The van der Waals surface area contributed by atoms with Crippen molar-refractivity contribution in [3.05, 3.63) is 35.9 Å². The Balaban J connectivity index is 2.06. The minimum atomic E-state index is -2.82. The highest BCUT2D eigenvalue weighted by Crippen LogP contribution is 2.26. The first kappa shape index (κ1) is 17.0. The van der Waals surface area contributed by atoms with Crippen LogP contribution >= 0.6 is 0 Å². The molecule has 0 aliphatic heterocycles.